The van der Waals surface area contributed by atoms with Gasteiger partial charge in [-0.05, 0) is 54.6 Å². The number of carbonyl (C=O) groups is 4. The van der Waals surface area contributed by atoms with Crippen molar-refractivity contribution >= 4 is 58.3 Å². The van der Waals surface area contributed by atoms with Gasteiger partial charge in [0.05, 0.1) is 22.4 Å². The number of hydrogen-bond acceptors (Lipinski definition) is 5. The highest BCUT2D eigenvalue weighted by molar-refractivity contribution is 6.35. The summed E-state index contributed by atoms with van der Waals surface area (Å²) in [5.74, 6) is -1.96. The van der Waals surface area contributed by atoms with Crippen molar-refractivity contribution in [2.24, 2.45) is 0 Å². The zero-order chi connectivity index (χ0) is 23.7. The predicted molar refractivity (Wildman–Crippen MR) is 124 cm³/mol. The summed E-state index contributed by atoms with van der Waals surface area (Å²) in [5, 5.41) is 3.45. The molecule has 166 valence electrons. The smallest absolute Gasteiger partial charge is 0.338 e. The molecule has 3 aromatic rings. The molecule has 0 aromatic heterocycles. The van der Waals surface area contributed by atoms with Crippen LogP contribution in [0.3, 0.4) is 0 Å². The van der Waals surface area contributed by atoms with E-state index in [0.717, 1.165) is 4.90 Å². The van der Waals surface area contributed by atoms with Gasteiger partial charge in [-0.2, -0.15) is 0 Å². The van der Waals surface area contributed by atoms with E-state index in [1.807, 2.05) is 0 Å². The molecule has 33 heavy (non-hydrogen) atoms. The fourth-order valence-electron chi connectivity index (χ4n) is 3.36. The van der Waals surface area contributed by atoms with Crippen molar-refractivity contribution in [3.63, 3.8) is 0 Å². The summed E-state index contributed by atoms with van der Waals surface area (Å²) in [6, 6.07) is 15.3. The molecule has 1 aliphatic heterocycles. The van der Waals surface area contributed by atoms with Crippen molar-refractivity contribution in [1.29, 1.82) is 0 Å². The summed E-state index contributed by atoms with van der Waals surface area (Å²) < 4.78 is 5.30. The normalized spacial score (nSPS) is 12.5. The number of benzene rings is 3. The van der Waals surface area contributed by atoms with Gasteiger partial charge in [0.2, 0.25) is 5.91 Å². The average molecular weight is 483 g/mol. The van der Waals surface area contributed by atoms with E-state index >= 15 is 0 Å². The van der Waals surface area contributed by atoms with E-state index in [4.69, 9.17) is 27.9 Å². The van der Waals surface area contributed by atoms with Crippen LogP contribution in [0.5, 0.6) is 0 Å². The lowest BCUT2D eigenvalue weighted by Gasteiger charge is -2.14. The third-order valence-electron chi connectivity index (χ3n) is 4.94. The summed E-state index contributed by atoms with van der Waals surface area (Å²) in [6.07, 6.45) is 0. The molecule has 0 fully saturated rings. The number of ether oxygens (including phenoxy) is 1. The van der Waals surface area contributed by atoms with Gasteiger partial charge >= 0.3 is 5.97 Å². The third kappa shape index (κ3) is 4.60. The van der Waals surface area contributed by atoms with Crippen LogP contribution in [0.15, 0.2) is 60.7 Å². The quantitative estimate of drug-likeness (QED) is 0.402. The lowest BCUT2D eigenvalue weighted by molar-refractivity contribution is -0.114. The van der Waals surface area contributed by atoms with Gasteiger partial charge in [-0.3, -0.25) is 14.4 Å². The van der Waals surface area contributed by atoms with Crippen LogP contribution in [0.4, 0.5) is 11.4 Å². The molecule has 1 aliphatic rings. The van der Waals surface area contributed by atoms with Crippen LogP contribution in [-0.2, 0) is 16.1 Å². The first-order valence-electron chi connectivity index (χ1n) is 9.76. The van der Waals surface area contributed by atoms with Crippen LogP contribution in [0.2, 0.25) is 10.0 Å². The second-order valence-corrected chi connectivity index (χ2v) is 8.09. The second kappa shape index (κ2) is 9.05. The van der Waals surface area contributed by atoms with Crippen LogP contribution in [0.25, 0.3) is 0 Å². The highest BCUT2D eigenvalue weighted by atomic mass is 35.5. The molecule has 9 heteroatoms. The Morgan fingerprint density at radius 2 is 1.61 bits per heavy atom. The van der Waals surface area contributed by atoms with Crippen LogP contribution in [-0.4, -0.2) is 23.7 Å². The number of esters is 1. The molecule has 7 nitrogen and oxygen atoms in total. The topological polar surface area (TPSA) is 92.8 Å². The van der Waals surface area contributed by atoms with Crippen molar-refractivity contribution in [2.75, 3.05) is 10.2 Å². The van der Waals surface area contributed by atoms with Gasteiger partial charge in [-0.1, -0.05) is 29.3 Å². The lowest BCUT2D eigenvalue weighted by atomic mass is 10.1. The minimum atomic E-state index is -0.665. The second-order valence-electron chi connectivity index (χ2n) is 7.25. The Balaban J connectivity index is 1.52. The number of nitrogens with one attached hydrogen (secondary N) is 1. The zero-order valence-electron chi connectivity index (χ0n) is 17.2. The molecule has 1 heterocycles. The number of imide groups is 1. The monoisotopic (exact) mass is 482 g/mol. The summed E-state index contributed by atoms with van der Waals surface area (Å²) in [7, 11) is 0. The fraction of sp³-hybridized carbons (Fsp3) is 0.0833. The SMILES string of the molecule is CC(=O)Nc1ccc(N2C(=O)c3ccc(C(=O)OCc4ccc(Cl)cc4Cl)cc3C2=O)cc1. The molecule has 4 rings (SSSR count). The lowest BCUT2D eigenvalue weighted by Crippen LogP contribution is -2.29. The summed E-state index contributed by atoms with van der Waals surface area (Å²) in [5.41, 5.74) is 1.87. The maximum Gasteiger partial charge on any atom is 0.338 e. The first-order chi connectivity index (χ1) is 15.7. The molecule has 0 aliphatic carbocycles. The molecule has 1 N–H and O–H groups in total. The average Bonchev–Trinajstić information content (AvgIpc) is 3.03. The maximum atomic E-state index is 13.0. The van der Waals surface area contributed by atoms with Gasteiger partial charge in [0, 0.05) is 28.2 Å². The molecular formula is C24H16Cl2N2O5. The van der Waals surface area contributed by atoms with Crippen LogP contribution < -0.4 is 10.2 Å². The van der Waals surface area contributed by atoms with Gasteiger partial charge in [0.1, 0.15) is 6.61 Å². The number of amides is 3. The molecule has 3 aromatic carbocycles. The van der Waals surface area contributed by atoms with E-state index in [1.165, 1.54) is 25.1 Å². The molecule has 0 saturated carbocycles. The van der Waals surface area contributed by atoms with Gasteiger partial charge in [0.25, 0.3) is 11.8 Å². The first-order valence-corrected chi connectivity index (χ1v) is 10.5. The fourth-order valence-corrected chi connectivity index (χ4v) is 3.83. The minimum absolute atomic E-state index is 0.0778. The Kier molecular flexibility index (Phi) is 6.18. The van der Waals surface area contributed by atoms with Crippen LogP contribution >= 0.6 is 23.2 Å². The Hall–Kier alpha value is -3.68. The number of anilines is 2. The summed E-state index contributed by atoms with van der Waals surface area (Å²) in [6.45, 7) is 1.30. The molecule has 0 radical (unpaired) electrons. The Morgan fingerprint density at radius 1 is 0.909 bits per heavy atom. The number of rotatable bonds is 5. The first kappa shape index (κ1) is 22.5. The van der Waals surface area contributed by atoms with Gasteiger partial charge < -0.3 is 10.1 Å². The molecule has 0 spiro atoms. The van der Waals surface area contributed by atoms with E-state index in [1.54, 1.807) is 42.5 Å². The number of hydrogen-bond donors (Lipinski definition) is 1. The number of carbonyl (C=O) groups excluding carboxylic acids is 4. The van der Waals surface area contributed by atoms with Crippen LogP contribution in [0, 0.1) is 0 Å². The molecule has 0 atom stereocenters. The zero-order valence-corrected chi connectivity index (χ0v) is 18.7. The van der Waals surface area contributed by atoms with Crippen molar-refractivity contribution in [2.45, 2.75) is 13.5 Å². The molecular weight excluding hydrogens is 467 g/mol. The molecule has 3 amide bonds. The molecule has 0 saturated heterocycles. The Bertz CT molecular complexity index is 1300. The van der Waals surface area contributed by atoms with Gasteiger partial charge in [-0.15, -0.1) is 0 Å². The van der Waals surface area contributed by atoms with Crippen LogP contribution in [0.1, 0.15) is 43.6 Å². The largest absolute Gasteiger partial charge is 0.457 e. The van der Waals surface area contributed by atoms with Crippen molar-refractivity contribution in [3.8, 4) is 0 Å². The number of nitrogens with zero attached hydrogens (tertiary/aromatic N) is 1. The third-order valence-corrected chi connectivity index (χ3v) is 5.53. The van der Waals surface area contributed by atoms with Crippen molar-refractivity contribution in [1.82, 2.24) is 0 Å². The van der Waals surface area contributed by atoms with E-state index in [0.29, 0.717) is 27.0 Å². The number of fused-ring (bicyclic) bond motifs is 1. The summed E-state index contributed by atoms with van der Waals surface area (Å²) in [4.78, 5) is 50.5. The van der Waals surface area contributed by atoms with E-state index < -0.39 is 17.8 Å². The molecule has 0 bridgehead atoms. The number of halogens is 2. The Labute approximate surface area is 198 Å². The highest BCUT2D eigenvalue weighted by Gasteiger charge is 2.37. The van der Waals surface area contributed by atoms with E-state index in [9.17, 15) is 19.2 Å². The van der Waals surface area contributed by atoms with Crippen molar-refractivity contribution in [3.05, 3.63) is 93.0 Å². The molecule has 0 unspecified atom stereocenters. The maximum absolute atomic E-state index is 13.0. The standard InChI is InChI=1S/C24H16Cl2N2O5/c1-13(29)27-17-5-7-18(8-6-17)28-22(30)19-9-3-14(10-20(19)23(28)31)24(32)33-12-15-2-4-16(25)11-21(15)26/h2-11H,12H2,1H3,(H,27,29). The predicted octanol–water partition coefficient (Wildman–Crippen LogP) is 5.11. The highest BCUT2D eigenvalue weighted by Crippen LogP contribution is 2.30. The van der Waals surface area contributed by atoms with Crippen molar-refractivity contribution < 1.29 is 23.9 Å². The Morgan fingerprint density at radius 3 is 2.27 bits per heavy atom. The minimum Gasteiger partial charge on any atom is -0.457 e. The summed E-state index contributed by atoms with van der Waals surface area (Å²) >= 11 is 12.0. The van der Waals surface area contributed by atoms with E-state index in [-0.39, 0.29) is 29.2 Å². The van der Waals surface area contributed by atoms with E-state index in [2.05, 4.69) is 5.32 Å². The van der Waals surface area contributed by atoms with Gasteiger partial charge in [0.15, 0.2) is 0 Å². The van der Waals surface area contributed by atoms with Gasteiger partial charge in [-0.25, -0.2) is 9.69 Å².